The largest absolute Gasteiger partial charge is 0.419 e. The lowest BCUT2D eigenvalue weighted by atomic mass is 10.1. The molecule has 1 aromatic carbocycles. The summed E-state index contributed by atoms with van der Waals surface area (Å²) in [5.41, 5.74) is 4.67. The highest BCUT2D eigenvalue weighted by atomic mass is 16.4. The summed E-state index contributed by atoms with van der Waals surface area (Å²) < 4.78 is 7.33. The van der Waals surface area contributed by atoms with Crippen molar-refractivity contribution in [2.24, 2.45) is 7.05 Å². The second-order valence-electron chi connectivity index (χ2n) is 6.22. The number of aryl methyl sites for hydroxylation is 5. The van der Waals surface area contributed by atoms with E-state index in [9.17, 15) is 4.79 Å². The maximum Gasteiger partial charge on any atom is 0.265 e. The van der Waals surface area contributed by atoms with Gasteiger partial charge in [0.05, 0.1) is 5.69 Å². The zero-order valence-electron chi connectivity index (χ0n) is 14.8. The number of nitrogens with one attached hydrogen (secondary N) is 1. The number of nitrogens with zero attached hydrogens (tertiary/aromatic N) is 4. The quantitative estimate of drug-likeness (QED) is 0.772. The van der Waals surface area contributed by atoms with Crippen molar-refractivity contribution in [3.05, 3.63) is 47.0 Å². The van der Waals surface area contributed by atoms with Gasteiger partial charge in [-0.1, -0.05) is 6.07 Å². The van der Waals surface area contributed by atoms with Crippen LogP contribution in [0.5, 0.6) is 0 Å². The number of carbonyl (C=O) groups is 1. The third kappa shape index (κ3) is 4.12. The van der Waals surface area contributed by atoms with Gasteiger partial charge in [-0.25, -0.2) is 0 Å². The first kappa shape index (κ1) is 16.9. The van der Waals surface area contributed by atoms with Gasteiger partial charge < -0.3 is 9.73 Å². The number of hydrogen-bond acceptors (Lipinski definition) is 5. The van der Waals surface area contributed by atoms with E-state index >= 15 is 0 Å². The van der Waals surface area contributed by atoms with Gasteiger partial charge in [-0.2, -0.15) is 5.10 Å². The van der Waals surface area contributed by atoms with E-state index in [1.807, 2.05) is 46.0 Å². The summed E-state index contributed by atoms with van der Waals surface area (Å²) in [6, 6.07) is 7.83. The molecule has 0 radical (unpaired) electrons. The van der Waals surface area contributed by atoms with Gasteiger partial charge in [-0.15, -0.1) is 10.2 Å². The van der Waals surface area contributed by atoms with Crippen LogP contribution < -0.4 is 5.32 Å². The van der Waals surface area contributed by atoms with Gasteiger partial charge in [0, 0.05) is 25.6 Å². The lowest BCUT2D eigenvalue weighted by molar-refractivity contribution is -0.116. The fourth-order valence-corrected chi connectivity index (χ4v) is 2.76. The lowest BCUT2D eigenvalue weighted by Crippen LogP contribution is -2.12. The van der Waals surface area contributed by atoms with Gasteiger partial charge in [-0.3, -0.25) is 9.48 Å². The van der Waals surface area contributed by atoms with Crippen LogP contribution in [0, 0.1) is 20.8 Å². The molecule has 2 aromatic heterocycles. The molecule has 25 heavy (non-hydrogen) atoms. The molecule has 0 aliphatic carbocycles. The number of amides is 1. The Morgan fingerprint density at radius 1 is 1.12 bits per heavy atom. The van der Waals surface area contributed by atoms with E-state index < -0.39 is 0 Å². The molecule has 7 nitrogen and oxygen atoms in total. The molecule has 7 heteroatoms. The second-order valence-corrected chi connectivity index (χ2v) is 6.22. The average Bonchev–Trinajstić information content (AvgIpc) is 3.10. The molecule has 0 aliphatic rings. The Morgan fingerprint density at radius 3 is 2.48 bits per heavy atom. The molecule has 0 saturated carbocycles. The fraction of sp³-hybridized carbons (Fsp3) is 0.333. The number of carbonyl (C=O) groups excluding carboxylic acids is 1. The predicted molar refractivity (Wildman–Crippen MR) is 94.1 cm³/mol. The summed E-state index contributed by atoms with van der Waals surface area (Å²) in [5.74, 6) is 0.762. The summed E-state index contributed by atoms with van der Waals surface area (Å²) in [6.45, 7) is 5.91. The zero-order chi connectivity index (χ0) is 18.0. The topological polar surface area (TPSA) is 85.8 Å². The Kier molecular flexibility index (Phi) is 4.65. The number of rotatable bonds is 5. The molecule has 0 bridgehead atoms. The highest BCUT2D eigenvalue weighted by Gasteiger charge is 2.14. The van der Waals surface area contributed by atoms with Crippen molar-refractivity contribution in [2.75, 3.05) is 5.32 Å². The van der Waals surface area contributed by atoms with Crippen molar-refractivity contribution < 1.29 is 9.21 Å². The Balaban J connectivity index is 1.60. The van der Waals surface area contributed by atoms with Crippen LogP contribution in [0.25, 0.3) is 11.6 Å². The highest BCUT2D eigenvalue weighted by Crippen LogP contribution is 2.19. The first-order valence-electron chi connectivity index (χ1n) is 8.12. The minimum Gasteiger partial charge on any atom is -0.419 e. The molecule has 1 amide bonds. The normalized spacial score (nSPS) is 10.9. The Hall–Kier alpha value is -2.96. The molecule has 3 aromatic rings. The van der Waals surface area contributed by atoms with Crippen LogP contribution in [0.2, 0.25) is 0 Å². The van der Waals surface area contributed by atoms with Crippen molar-refractivity contribution in [3.63, 3.8) is 0 Å². The molecule has 1 N–H and O–H groups in total. The standard InChI is InChI=1S/C18H21N5O2/c1-11-7-12(2)9-14(8-11)19-16(24)5-6-17-20-21-18(25-17)15-10-13(3)22-23(15)4/h7-10H,5-6H2,1-4H3,(H,19,24). The van der Waals surface area contributed by atoms with Crippen LogP contribution in [0.1, 0.15) is 29.1 Å². The number of anilines is 1. The van der Waals surface area contributed by atoms with Crippen LogP contribution >= 0.6 is 0 Å². The number of aromatic nitrogens is 4. The summed E-state index contributed by atoms with van der Waals surface area (Å²) in [4.78, 5) is 12.1. The van der Waals surface area contributed by atoms with Gasteiger partial charge in [0.2, 0.25) is 11.8 Å². The second kappa shape index (κ2) is 6.88. The predicted octanol–water partition coefficient (Wildman–Crippen LogP) is 2.97. The van der Waals surface area contributed by atoms with Crippen LogP contribution in [0.15, 0.2) is 28.7 Å². The monoisotopic (exact) mass is 339 g/mol. The van der Waals surface area contributed by atoms with Gasteiger partial charge in [-0.05, 0) is 50.1 Å². The van der Waals surface area contributed by atoms with Crippen LogP contribution in [0.4, 0.5) is 5.69 Å². The average molecular weight is 339 g/mol. The smallest absolute Gasteiger partial charge is 0.265 e. The summed E-state index contributed by atoms with van der Waals surface area (Å²) in [7, 11) is 1.82. The minimum atomic E-state index is -0.0823. The van der Waals surface area contributed by atoms with Crippen molar-refractivity contribution in [2.45, 2.75) is 33.6 Å². The van der Waals surface area contributed by atoms with Crippen LogP contribution in [0.3, 0.4) is 0 Å². The summed E-state index contributed by atoms with van der Waals surface area (Å²) >= 11 is 0. The van der Waals surface area contributed by atoms with E-state index in [1.165, 1.54) is 0 Å². The van der Waals surface area contributed by atoms with E-state index in [1.54, 1.807) is 4.68 Å². The first-order valence-corrected chi connectivity index (χ1v) is 8.12. The minimum absolute atomic E-state index is 0.0823. The maximum atomic E-state index is 12.1. The van der Waals surface area contributed by atoms with Crippen molar-refractivity contribution in [3.8, 4) is 11.6 Å². The molecule has 0 aliphatic heterocycles. The van der Waals surface area contributed by atoms with E-state index in [4.69, 9.17) is 4.42 Å². The van der Waals surface area contributed by atoms with Crippen molar-refractivity contribution >= 4 is 11.6 Å². The van der Waals surface area contributed by atoms with Gasteiger partial charge >= 0.3 is 0 Å². The lowest BCUT2D eigenvalue weighted by Gasteiger charge is -2.06. The number of hydrogen-bond donors (Lipinski definition) is 1. The molecular formula is C18H21N5O2. The van der Waals surface area contributed by atoms with E-state index in [-0.39, 0.29) is 12.3 Å². The first-order chi connectivity index (χ1) is 11.9. The van der Waals surface area contributed by atoms with Crippen molar-refractivity contribution in [1.82, 2.24) is 20.0 Å². The third-order valence-corrected chi connectivity index (χ3v) is 3.76. The summed E-state index contributed by atoms with van der Waals surface area (Å²) in [6.07, 6.45) is 0.666. The van der Waals surface area contributed by atoms with Crippen LogP contribution in [-0.4, -0.2) is 25.9 Å². The summed E-state index contributed by atoms with van der Waals surface area (Å²) in [5, 5.41) is 15.2. The fourth-order valence-electron chi connectivity index (χ4n) is 2.76. The molecule has 2 heterocycles. The molecule has 0 saturated heterocycles. The van der Waals surface area contributed by atoms with E-state index in [0.717, 1.165) is 28.2 Å². The number of benzene rings is 1. The van der Waals surface area contributed by atoms with Gasteiger partial charge in [0.25, 0.3) is 5.89 Å². The molecule has 0 atom stereocenters. The SMILES string of the molecule is Cc1cc(C)cc(NC(=O)CCc2nnc(-c3cc(C)nn3C)o2)c1. The molecule has 130 valence electrons. The van der Waals surface area contributed by atoms with Crippen LogP contribution in [-0.2, 0) is 18.3 Å². The molecule has 0 unspecified atom stereocenters. The van der Waals surface area contributed by atoms with Gasteiger partial charge in [0.15, 0.2) is 0 Å². The van der Waals surface area contributed by atoms with E-state index in [0.29, 0.717) is 18.2 Å². The third-order valence-electron chi connectivity index (χ3n) is 3.76. The van der Waals surface area contributed by atoms with Crippen molar-refractivity contribution in [1.29, 1.82) is 0 Å². The Morgan fingerprint density at radius 2 is 1.84 bits per heavy atom. The maximum absolute atomic E-state index is 12.1. The molecule has 0 spiro atoms. The zero-order valence-corrected chi connectivity index (χ0v) is 14.8. The van der Waals surface area contributed by atoms with E-state index in [2.05, 4.69) is 26.7 Å². The molecular weight excluding hydrogens is 318 g/mol. The Labute approximate surface area is 146 Å². The highest BCUT2D eigenvalue weighted by molar-refractivity contribution is 5.90. The molecule has 3 rings (SSSR count). The molecule has 0 fully saturated rings. The Bertz CT molecular complexity index is 890. The van der Waals surface area contributed by atoms with Gasteiger partial charge in [0.1, 0.15) is 5.69 Å².